The number of halogens is 1. The molecule has 0 aromatic heterocycles. The van der Waals surface area contributed by atoms with Gasteiger partial charge in [-0.25, -0.2) is 0 Å². The molecule has 0 saturated heterocycles. The molecule has 0 aliphatic rings. The van der Waals surface area contributed by atoms with E-state index in [0.717, 1.165) is 18.0 Å². The molecule has 0 aliphatic heterocycles. The molecule has 0 fully saturated rings. The number of hydrogen-bond acceptors (Lipinski definition) is 1. The zero-order valence-electron chi connectivity index (χ0n) is 8.46. The molecule has 14 heavy (non-hydrogen) atoms. The molecule has 1 nitrogen and oxygen atoms in total. The summed E-state index contributed by atoms with van der Waals surface area (Å²) in [7, 11) is 1.96. The molecule has 76 valence electrons. The first kappa shape index (κ1) is 11.3. The SMILES string of the molecule is C=CCC(CNC)c1cccc(Cl)c1. The summed E-state index contributed by atoms with van der Waals surface area (Å²) in [4.78, 5) is 0. The van der Waals surface area contributed by atoms with Gasteiger partial charge in [-0.1, -0.05) is 29.8 Å². The molecule has 1 unspecified atom stereocenters. The lowest BCUT2D eigenvalue weighted by molar-refractivity contribution is 0.636. The van der Waals surface area contributed by atoms with Crippen molar-refractivity contribution < 1.29 is 0 Å². The number of nitrogens with one attached hydrogen (secondary N) is 1. The fraction of sp³-hybridized carbons (Fsp3) is 0.333. The van der Waals surface area contributed by atoms with E-state index in [1.807, 2.05) is 31.3 Å². The van der Waals surface area contributed by atoms with Gasteiger partial charge < -0.3 is 5.32 Å². The maximum atomic E-state index is 5.94. The molecule has 1 rings (SSSR count). The first-order valence-electron chi connectivity index (χ1n) is 4.79. The van der Waals surface area contributed by atoms with Gasteiger partial charge in [-0.05, 0) is 37.1 Å². The van der Waals surface area contributed by atoms with E-state index in [4.69, 9.17) is 11.6 Å². The minimum Gasteiger partial charge on any atom is -0.319 e. The van der Waals surface area contributed by atoms with Crippen molar-refractivity contribution in [2.75, 3.05) is 13.6 Å². The van der Waals surface area contributed by atoms with Crippen LogP contribution in [0.5, 0.6) is 0 Å². The number of hydrogen-bond donors (Lipinski definition) is 1. The predicted octanol–water partition coefficient (Wildman–Crippen LogP) is 3.22. The van der Waals surface area contributed by atoms with E-state index in [2.05, 4.69) is 18.0 Å². The smallest absolute Gasteiger partial charge is 0.0408 e. The van der Waals surface area contributed by atoms with Crippen LogP contribution < -0.4 is 5.32 Å². The maximum absolute atomic E-state index is 5.94. The number of allylic oxidation sites excluding steroid dienone is 1. The second-order valence-electron chi connectivity index (χ2n) is 3.33. The molecule has 0 heterocycles. The standard InChI is InChI=1S/C12H16ClN/c1-3-5-11(9-14-2)10-6-4-7-12(13)8-10/h3-4,6-8,11,14H,1,5,9H2,2H3. The Morgan fingerprint density at radius 3 is 2.93 bits per heavy atom. The summed E-state index contributed by atoms with van der Waals surface area (Å²) in [6, 6.07) is 8.02. The van der Waals surface area contributed by atoms with E-state index in [9.17, 15) is 0 Å². The fourth-order valence-electron chi connectivity index (χ4n) is 1.55. The summed E-state index contributed by atoms with van der Waals surface area (Å²) in [5.41, 5.74) is 1.27. The first-order valence-corrected chi connectivity index (χ1v) is 5.16. The Morgan fingerprint density at radius 1 is 1.57 bits per heavy atom. The van der Waals surface area contributed by atoms with Gasteiger partial charge in [0.15, 0.2) is 0 Å². The average molecular weight is 210 g/mol. The number of rotatable bonds is 5. The van der Waals surface area contributed by atoms with E-state index in [1.54, 1.807) is 0 Å². The maximum Gasteiger partial charge on any atom is 0.0408 e. The minimum atomic E-state index is 0.469. The fourth-order valence-corrected chi connectivity index (χ4v) is 1.74. The Bertz CT molecular complexity index is 296. The van der Waals surface area contributed by atoms with E-state index >= 15 is 0 Å². The molecule has 0 aliphatic carbocycles. The Morgan fingerprint density at radius 2 is 2.36 bits per heavy atom. The Balaban J connectivity index is 2.80. The van der Waals surface area contributed by atoms with Crippen LogP contribution in [0.4, 0.5) is 0 Å². The highest BCUT2D eigenvalue weighted by molar-refractivity contribution is 6.30. The first-order chi connectivity index (χ1) is 6.77. The highest BCUT2D eigenvalue weighted by atomic mass is 35.5. The summed E-state index contributed by atoms with van der Waals surface area (Å²) in [6.07, 6.45) is 2.92. The van der Waals surface area contributed by atoms with Gasteiger partial charge in [0.25, 0.3) is 0 Å². The topological polar surface area (TPSA) is 12.0 Å². The van der Waals surface area contributed by atoms with Gasteiger partial charge in [0.2, 0.25) is 0 Å². The zero-order chi connectivity index (χ0) is 10.4. The molecule has 1 N–H and O–H groups in total. The molecule has 0 radical (unpaired) electrons. The van der Waals surface area contributed by atoms with Crippen molar-refractivity contribution in [3.05, 3.63) is 47.5 Å². The van der Waals surface area contributed by atoms with Gasteiger partial charge in [-0.15, -0.1) is 6.58 Å². The predicted molar refractivity (Wildman–Crippen MR) is 62.9 cm³/mol. The quantitative estimate of drug-likeness (QED) is 0.735. The van der Waals surface area contributed by atoms with Gasteiger partial charge in [0, 0.05) is 11.6 Å². The lowest BCUT2D eigenvalue weighted by Crippen LogP contribution is -2.16. The van der Waals surface area contributed by atoms with Crippen LogP contribution >= 0.6 is 11.6 Å². The molecule has 1 atom stereocenters. The third-order valence-corrected chi connectivity index (χ3v) is 2.46. The van der Waals surface area contributed by atoms with Crippen molar-refractivity contribution in [3.8, 4) is 0 Å². The van der Waals surface area contributed by atoms with Crippen LogP contribution in [0.1, 0.15) is 17.9 Å². The number of benzene rings is 1. The Hall–Kier alpha value is -0.790. The van der Waals surface area contributed by atoms with Crippen molar-refractivity contribution in [2.24, 2.45) is 0 Å². The third-order valence-electron chi connectivity index (χ3n) is 2.22. The van der Waals surface area contributed by atoms with Crippen molar-refractivity contribution in [2.45, 2.75) is 12.3 Å². The highest BCUT2D eigenvalue weighted by Gasteiger charge is 2.08. The highest BCUT2D eigenvalue weighted by Crippen LogP contribution is 2.22. The van der Waals surface area contributed by atoms with Gasteiger partial charge in [-0.2, -0.15) is 0 Å². The molecular formula is C12H16ClN. The van der Waals surface area contributed by atoms with Crippen molar-refractivity contribution in [1.29, 1.82) is 0 Å². The monoisotopic (exact) mass is 209 g/mol. The zero-order valence-corrected chi connectivity index (χ0v) is 9.22. The molecule has 2 heteroatoms. The lowest BCUT2D eigenvalue weighted by atomic mass is 9.96. The van der Waals surface area contributed by atoms with Crippen LogP contribution in [0.25, 0.3) is 0 Å². The summed E-state index contributed by atoms with van der Waals surface area (Å²) < 4.78 is 0. The van der Waals surface area contributed by atoms with Crippen LogP contribution in [-0.2, 0) is 0 Å². The van der Waals surface area contributed by atoms with Crippen molar-refractivity contribution >= 4 is 11.6 Å². The minimum absolute atomic E-state index is 0.469. The van der Waals surface area contributed by atoms with E-state index in [-0.39, 0.29) is 0 Å². The molecule has 0 spiro atoms. The van der Waals surface area contributed by atoms with E-state index in [1.165, 1.54) is 5.56 Å². The molecular weight excluding hydrogens is 194 g/mol. The normalized spacial score (nSPS) is 12.4. The van der Waals surface area contributed by atoms with Crippen molar-refractivity contribution in [3.63, 3.8) is 0 Å². The van der Waals surface area contributed by atoms with Gasteiger partial charge >= 0.3 is 0 Å². The summed E-state index contributed by atoms with van der Waals surface area (Å²) in [6.45, 7) is 4.72. The molecule has 0 saturated carbocycles. The van der Waals surface area contributed by atoms with Crippen LogP contribution in [-0.4, -0.2) is 13.6 Å². The summed E-state index contributed by atoms with van der Waals surface area (Å²) >= 11 is 5.94. The second kappa shape index (κ2) is 5.84. The largest absolute Gasteiger partial charge is 0.319 e. The molecule has 0 amide bonds. The lowest BCUT2D eigenvalue weighted by Gasteiger charge is -2.15. The van der Waals surface area contributed by atoms with E-state index < -0.39 is 0 Å². The van der Waals surface area contributed by atoms with Crippen LogP contribution in [0.3, 0.4) is 0 Å². The molecule has 1 aromatic carbocycles. The van der Waals surface area contributed by atoms with Gasteiger partial charge in [0.1, 0.15) is 0 Å². The Kier molecular flexibility index (Phi) is 4.71. The Labute approximate surface area is 90.8 Å². The van der Waals surface area contributed by atoms with Crippen molar-refractivity contribution in [1.82, 2.24) is 5.32 Å². The third kappa shape index (κ3) is 3.17. The summed E-state index contributed by atoms with van der Waals surface area (Å²) in [5, 5.41) is 3.98. The summed E-state index contributed by atoms with van der Waals surface area (Å²) in [5.74, 6) is 0.469. The number of likely N-dealkylation sites (N-methyl/N-ethyl adjacent to an activating group) is 1. The van der Waals surface area contributed by atoms with Crippen LogP contribution in [0.2, 0.25) is 5.02 Å². The molecule has 1 aromatic rings. The second-order valence-corrected chi connectivity index (χ2v) is 3.77. The van der Waals surface area contributed by atoms with Gasteiger partial charge in [-0.3, -0.25) is 0 Å². The van der Waals surface area contributed by atoms with Crippen LogP contribution in [0, 0.1) is 0 Å². The van der Waals surface area contributed by atoms with Gasteiger partial charge in [0.05, 0.1) is 0 Å². The van der Waals surface area contributed by atoms with E-state index in [0.29, 0.717) is 5.92 Å². The molecule has 0 bridgehead atoms. The van der Waals surface area contributed by atoms with Crippen LogP contribution in [0.15, 0.2) is 36.9 Å². The average Bonchev–Trinajstić information content (AvgIpc) is 2.17.